The number of allylic oxidation sites excluding steroid dienone is 2. The number of sulfone groups is 1. The van der Waals surface area contributed by atoms with Gasteiger partial charge < -0.3 is 34.4 Å². The molecular formula is C33H37N5O13S. The van der Waals surface area contributed by atoms with Crippen molar-refractivity contribution < 1.29 is 56.2 Å². The Kier molecular flexibility index (Phi) is 11.9. The standard InChI is InChI=1S/C33H37N5O13S/c1-20-25(30(39)47-6)27(22-11-10-12-23(19-22)37(42)43)26(21(2)34-20)31(40)49-18-16-36(32(41)50-33(3,4)5)15-17-48-28-29(38(44)51-35-28)52(45,46)24-13-8-7-9-14-24/h7-14,19,27,34H,15-18H2,1-6H3. The number of rotatable bonds is 13. The van der Waals surface area contributed by atoms with E-state index in [9.17, 15) is 38.1 Å². The van der Waals surface area contributed by atoms with Gasteiger partial charge in [0, 0.05) is 23.5 Å². The molecule has 2 aromatic carbocycles. The maximum Gasteiger partial charge on any atom is 0.415 e. The molecule has 1 aliphatic rings. The predicted octanol–water partition coefficient (Wildman–Crippen LogP) is 3.32. The molecule has 1 unspecified atom stereocenters. The van der Waals surface area contributed by atoms with E-state index >= 15 is 0 Å². The molecule has 1 N–H and O–H groups in total. The number of dihydropyridines is 1. The van der Waals surface area contributed by atoms with E-state index in [2.05, 4.69) is 15.1 Å². The Hall–Kier alpha value is -5.98. The van der Waals surface area contributed by atoms with Crippen molar-refractivity contribution in [2.75, 3.05) is 33.4 Å². The van der Waals surface area contributed by atoms with Crippen LogP contribution < -0.4 is 15.0 Å². The third kappa shape index (κ3) is 8.84. The van der Waals surface area contributed by atoms with E-state index in [0.717, 1.165) is 12.0 Å². The molecule has 0 saturated heterocycles. The second kappa shape index (κ2) is 15.9. The summed E-state index contributed by atoms with van der Waals surface area (Å²) >= 11 is 0. The Labute approximate surface area is 298 Å². The summed E-state index contributed by atoms with van der Waals surface area (Å²) in [5.74, 6) is -3.42. The first-order chi connectivity index (χ1) is 24.5. The number of carbonyl (C=O) groups is 3. The fourth-order valence-corrected chi connectivity index (χ4v) is 6.53. The molecule has 0 fully saturated rings. The van der Waals surface area contributed by atoms with Gasteiger partial charge in [0.2, 0.25) is 0 Å². The van der Waals surface area contributed by atoms with Crippen molar-refractivity contribution in [2.45, 2.75) is 56.1 Å². The number of nitro benzene ring substituents is 1. The van der Waals surface area contributed by atoms with Crippen molar-refractivity contribution in [1.29, 1.82) is 0 Å². The van der Waals surface area contributed by atoms with Crippen molar-refractivity contribution in [3.8, 4) is 5.88 Å². The molecule has 0 radical (unpaired) electrons. The van der Waals surface area contributed by atoms with Crippen molar-refractivity contribution in [2.24, 2.45) is 0 Å². The molecule has 0 spiro atoms. The Bertz CT molecular complexity index is 2020. The van der Waals surface area contributed by atoms with Crippen molar-refractivity contribution in [1.82, 2.24) is 15.4 Å². The molecule has 1 aromatic heterocycles. The highest BCUT2D eigenvalue weighted by molar-refractivity contribution is 7.91. The lowest BCUT2D eigenvalue weighted by atomic mass is 9.80. The average molecular weight is 744 g/mol. The first-order valence-corrected chi connectivity index (χ1v) is 17.1. The Morgan fingerprint density at radius 1 is 1.00 bits per heavy atom. The minimum Gasteiger partial charge on any atom is -0.466 e. The van der Waals surface area contributed by atoms with Gasteiger partial charge in [0.15, 0.2) is 0 Å². The van der Waals surface area contributed by atoms with E-state index in [1.807, 2.05) is 0 Å². The lowest BCUT2D eigenvalue weighted by Crippen LogP contribution is -2.41. The van der Waals surface area contributed by atoms with Gasteiger partial charge in [-0.05, 0) is 57.2 Å². The van der Waals surface area contributed by atoms with Crippen LogP contribution >= 0.6 is 0 Å². The largest absolute Gasteiger partial charge is 0.466 e. The van der Waals surface area contributed by atoms with E-state index in [1.54, 1.807) is 40.7 Å². The zero-order valence-electron chi connectivity index (χ0n) is 29.1. The second-order valence-electron chi connectivity index (χ2n) is 12.3. The molecular weight excluding hydrogens is 706 g/mol. The van der Waals surface area contributed by atoms with Crippen molar-refractivity contribution in [3.63, 3.8) is 0 Å². The number of methoxy groups -OCH3 is 1. The molecule has 278 valence electrons. The SMILES string of the molecule is COC(=O)C1=C(C)NC(C)=C(C(=O)OCCN(CCOc2no[n+]([O-])c2S(=O)(=O)c2ccccc2)C(=O)OC(C)(C)C)C1c1cccc([N+](=O)[O-])c1. The molecule has 4 rings (SSSR count). The summed E-state index contributed by atoms with van der Waals surface area (Å²) in [4.78, 5) is 51.4. The molecule has 1 amide bonds. The number of hydrogen-bond donors (Lipinski definition) is 1. The van der Waals surface area contributed by atoms with Gasteiger partial charge in [-0.2, -0.15) is 0 Å². The van der Waals surface area contributed by atoms with Crippen LogP contribution in [0.2, 0.25) is 0 Å². The highest BCUT2D eigenvalue weighted by atomic mass is 32.2. The van der Waals surface area contributed by atoms with Gasteiger partial charge in [0.25, 0.3) is 15.5 Å². The van der Waals surface area contributed by atoms with Crippen LogP contribution in [0.5, 0.6) is 5.88 Å². The average Bonchev–Trinajstić information content (AvgIpc) is 3.46. The molecule has 1 aliphatic heterocycles. The molecule has 0 saturated carbocycles. The fourth-order valence-electron chi connectivity index (χ4n) is 5.24. The lowest BCUT2D eigenvalue weighted by molar-refractivity contribution is -0.832. The number of carbonyl (C=O) groups excluding carboxylic acids is 3. The molecule has 0 bridgehead atoms. The molecule has 1 atom stereocenters. The number of benzene rings is 2. The lowest BCUT2D eigenvalue weighted by Gasteiger charge is -2.30. The highest BCUT2D eigenvalue weighted by Crippen LogP contribution is 2.40. The third-order valence-electron chi connectivity index (χ3n) is 7.50. The summed E-state index contributed by atoms with van der Waals surface area (Å²) in [6.07, 6.45) is -0.834. The van der Waals surface area contributed by atoms with Crippen LogP contribution in [0.4, 0.5) is 10.5 Å². The second-order valence-corrected chi connectivity index (χ2v) is 14.2. The Morgan fingerprint density at radius 3 is 2.25 bits per heavy atom. The van der Waals surface area contributed by atoms with Gasteiger partial charge in [0.1, 0.15) is 18.8 Å². The summed E-state index contributed by atoms with van der Waals surface area (Å²) in [7, 11) is -3.24. The number of nitro groups is 1. The van der Waals surface area contributed by atoms with Crippen LogP contribution in [-0.4, -0.2) is 80.4 Å². The van der Waals surface area contributed by atoms with Gasteiger partial charge in [0.05, 0.1) is 52.2 Å². The van der Waals surface area contributed by atoms with Crippen LogP contribution in [0.25, 0.3) is 0 Å². The number of nitrogens with one attached hydrogen (secondary N) is 1. The van der Waals surface area contributed by atoms with Crippen LogP contribution in [0.15, 0.2) is 91.7 Å². The number of esters is 2. The first kappa shape index (κ1) is 38.8. The maximum atomic E-state index is 13.7. The summed E-state index contributed by atoms with van der Waals surface area (Å²) in [5.41, 5.74) is -0.248. The monoisotopic (exact) mass is 743 g/mol. The summed E-state index contributed by atoms with van der Waals surface area (Å²) in [6, 6.07) is 12.6. The van der Waals surface area contributed by atoms with E-state index in [4.69, 9.17) is 18.9 Å². The Morgan fingerprint density at radius 2 is 1.63 bits per heavy atom. The van der Waals surface area contributed by atoms with E-state index < -0.39 is 68.4 Å². The third-order valence-corrected chi connectivity index (χ3v) is 9.23. The minimum atomic E-state index is -4.40. The van der Waals surface area contributed by atoms with Crippen LogP contribution in [0.1, 0.15) is 46.1 Å². The number of ether oxygens (including phenoxy) is 4. The first-order valence-electron chi connectivity index (χ1n) is 15.6. The fraction of sp³-hybridized carbons (Fsp3) is 0.364. The highest BCUT2D eigenvalue weighted by Gasteiger charge is 2.39. The van der Waals surface area contributed by atoms with E-state index in [0.29, 0.717) is 11.4 Å². The van der Waals surface area contributed by atoms with Crippen LogP contribution in [-0.2, 0) is 33.6 Å². The van der Waals surface area contributed by atoms with Crippen molar-refractivity contribution in [3.05, 3.63) is 98.0 Å². The number of nitrogens with zero attached hydrogens (tertiary/aromatic N) is 4. The smallest absolute Gasteiger partial charge is 0.415 e. The molecule has 18 nitrogen and oxygen atoms in total. The molecule has 19 heteroatoms. The molecule has 52 heavy (non-hydrogen) atoms. The topological polar surface area (TPSA) is 234 Å². The van der Waals surface area contributed by atoms with Crippen LogP contribution in [0.3, 0.4) is 0 Å². The number of aromatic nitrogens is 2. The summed E-state index contributed by atoms with van der Waals surface area (Å²) in [5, 5.41) is 29.3. The van der Waals surface area contributed by atoms with Crippen LogP contribution in [0, 0.1) is 15.3 Å². The molecule has 3 aromatic rings. The van der Waals surface area contributed by atoms with Gasteiger partial charge >= 0.3 is 28.9 Å². The van der Waals surface area contributed by atoms with Gasteiger partial charge in [-0.25, -0.2) is 22.8 Å². The Balaban J connectivity index is 1.53. The maximum absolute atomic E-state index is 13.7. The zero-order chi connectivity index (χ0) is 38.4. The minimum absolute atomic E-state index is 0.0252. The number of hydrogen-bond acceptors (Lipinski definition) is 15. The quantitative estimate of drug-likeness (QED) is 0.0869. The van der Waals surface area contributed by atoms with E-state index in [-0.39, 0.29) is 45.3 Å². The van der Waals surface area contributed by atoms with Crippen molar-refractivity contribution >= 4 is 33.6 Å². The molecule has 2 heterocycles. The summed E-state index contributed by atoms with van der Waals surface area (Å²) < 4.78 is 52.2. The van der Waals surface area contributed by atoms with Gasteiger partial charge in [-0.15, -0.1) is 0 Å². The summed E-state index contributed by atoms with van der Waals surface area (Å²) in [6.45, 7) is 6.78. The zero-order valence-corrected chi connectivity index (χ0v) is 29.9. The number of non-ortho nitro benzene ring substituents is 1. The molecule has 0 aliphatic carbocycles. The number of amides is 1. The normalized spacial score (nSPS) is 14.7. The van der Waals surface area contributed by atoms with Gasteiger partial charge in [-0.3, -0.25) is 14.7 Å². The van der Waals surface area contributed by atoms with E-state index in [1.165, 1.54) is 48.5 Å². The predicted molar refractivity (Wildman–Crippen MR) is 178 cm³/mol. The van der Waals surface area contributed by atoms with Gasteiger partial charge in [-0.1, -0.05) is 30.3 Å².